The van der Waals surface area contributed by atoms with Crippen LogP contribution in [0.1, 0.15) is 56.6 Å². The third kappa shape index (κ3) is 5.23. The third-order valence-corrected chi connectivity index (χ3v) is 4.55. The van der Waals surface area contributed by atoms with Crippen molar-refractivity contribution in [2.24, 2.45) is 0 Å². The molecule has 134 valence electrons. The first-order valence-corrected chi connectivity index (χ1v) is 8.41. The van der Waals surface area contributed by atoms with Crippen molar-refractivity contribution in [3.63, 3.8) is 0 Å². The number of carbonyl (C=O) groups excluding carboxylic acids is 1. The number of rotatable bonds is 6. The lowest BCUT2D eigenvalue weighted by molar-refractivity contribution is -0.145. The second-order valence-corrected chi connectivity index (χ2v) is 6.37. The molecule has 6 heteroatoms. The molecule has 1 aliphatic rings. The lowest BCUT2D eigenvalue weighted by Gasteiger charge is -2.37. The van der Waals surface area contributed by atoms with E-state index in [1.807, 2.05) is 0 Å². The van der Waals surface area contributed by atoms with Crippen molar-refractivity contribution in [1.82, 2.24) is 5.32 Å². The molecule has 1 aliphatic carbocycles. The van der Waals surface area contributed by atoms with Gasteiger partial charge >= 0.3 is 12.1 Å². The van der Waals surface area contributed by atoms with E-state index in [-0.39, 0.29) is 11.5 Å². The summed E-state index contributed by atoms with van der Waals surface area (Å²) in [5.41, 5.74) is -0.185. The van der Waals surface area contributed by atoms with E-state index in [0.29, 0.717) is 19.6 Å². The topological polar surface area (TPSA) is 38.3 Å². The number of hydrogen-bond acceptors (Lipinski definition) is 3. The summed E-state index contributed by atoms with van der Waals surface area (Å²) in [5, 5.41) is 3.42. The Hall–Kier alpha value is -1.56. The van der Waals surface area contributed by atoms with E-state index < -0.39 is 11.7 Å². The van der Waals surface area contributed by atoms with Crippen molar-refractivity contribution in [1.29, 1.82) is 0 Å². The van der Waals surface area contributed by atoms with Gasteiger partial charge in [-0.25, -0.2) is 0 Å². The molecule has 24 heavy (non-hydrogen) atoms. The number of halogens is 3. The summed E-state index contributed by atoms with van der Waals surface area (Å²) in [5.74, 6) is -0.223. The summed E-state index contributed by atoms with van der Waals surface area (Å²) in [7, 11) is 0. The number of esters is 1. The van der Waals surface area contributed by atoms with E-state index >= 15 is 0 Å². The van der Waals surface area contributed by atoms with Gasteiger partial charge in [-0.15, -0.1) is 0 Å². The quantitative estimate of drug-likeness (QED) is 0.776. The van der Waals surface area contributed by atoms with Crippen LogP contribution in [-0.4, -0.2) is 18.1 Å². The molecule has 0 spiro atoms. The fourth-order valence-corrected chi connectivity index (χ4v) is 3.23. The highest BCUT2D eigenvalue weighted by Gasteiger charge is 2.34. The first-order valence-electron chi connectivity index (χ1n) is 8.41. The second kappa shape index (κ2) is 8.01. The van der Waals surface area contributed by atoms with Gasteiger partial charge in [-0.05, 0) is 37.5 Å². The Labute approximate surface area is 140 Å². The molecule has 2 rings (SSSR count). The Balaban J connectivity index is 2.00. The molecule has 0 saturated heterocycles. The van der Waals surface area contributed by atoms with Crippen LogP contribution in [0.2, 0.25) is 0 Å². The molecule has 1 aromatic carbocycles. The molecule has 1 N–H and O–H groups in total. The molecule has 1 aromatic rings. The fourth-order valence-electron chi connectivity index (χ4n) is 3.23. The van der Waals surface area contributed by atoms with Crippen molar-refractivity contribution in [2.75, 3.05) is 6.61 Å². The predicted octanol–water partition coefficient (Wildman–Crippen LogP) is 4.45. The zero-order valence-electron chi connectivity index (χ0n) is 13.9. The Kier molecular flexibility index (Phi) is 6.27. The first-order chi connectivity index (χ1) is 11.3. The molecule has 0 aliphatic heterocycles. The highest BCUT2D eigenvalue weighted by atomic mass is 19.4. The normalized spacial score (nSPS) is 17.5. The van der Waals surface area contributed by atoms with Crippen LogP contribution in [0.5, 0.6) is 0 Å². The molecule has 1 fully saturated rings. The van der Waals surface area contributed by atoms with Crippen LogP contribution in [0.4, 0.5) is 13.2 Å². The smallest absolute Gasteiger partial charge is 0.416 e. The summed E-state index contributed by atoms with van der Waals surface area (Å²) in [6.45, 7) is 2.58. The Bertz CT molecular complexity index is 534. The molecule has 0 radical (unpaired) electrons. The van der Waals surface area contributed by atoms with E-state index in [1.165, 1.54) is 12.1 Å². The van der Waals surface area contributed by atoms with Gasteiger partial charge in [0.1, 0.15) is 0 Å². The highest BCUT2D eigenvalue weighted by molar-refractivity contribution is 5.71. The Morgan fingerprint density at radius 1 is 1.17 bits per heavy atom. The molecule has 0 aromatic heterocycles. The maximum absolute atomic E-state index is 12.6. The lowest BCUT2D eigenvalue weighted by atomic mass is 9.79. The zero-order chi connectivity index (χ0) is 17.6. The van der Waals surface area contributed by atoms with Crippen molar-refractivity contribution in [2.45, 2.75) is 63.7 Å². The van der Waals surface area contributed by atoms with E-state index in [0.717, 1.165) is 49.8 Å². The van der Waals surface area contributed by atoms with Gasteiger partial charge in [0.05, 0.1) is 18.6 Å². The first kappa shape index (κ1) is 18.8. The van der Waals surface area contributed by atoms with Crippen molar-refractivity contribution in [3.8, 4) is 0 Å². The fraction of sp³-hybridized carbons (Fsp3) is 0.611. The van der Waals surface area contributed by atoms with Gasteiger partial charge in [0, 0.05) is 12.1 Å². The van der Waals surface area contributed by atoms with Crippen LogP contribution in [0.15, 0.2) is 24.3 Å². The Morgan fingerprint density at radius 2 is 1.79 bits per heavy atom. The van der Waals surface area contributed by atoms with Gasteiger partial charge in [-0.2, -0.15) is 13.2 Å². The Morgan fingerprint density at radius 3 is 2.33 bits per heavy atom. The maximum Gasteiger partial charge on any atom is 0.416 e. The van der Waals surface area contributed by atoms with Crippen LogP contribution in [0.3, 0.4) is 0 Å². The van der Waals surface area contributed by atoms with Gasteiger partial charge < -0.3 is 10.1 Å². The summed E-state index contributed by atoms with van der Waals surface area (Å²) in [6.07, 6.45) is 0.978. The average molecular weight is 343 g/mol. The number of alkyl halides is 3. The number of nitrogens with one attached hydrogen (secondary N) is 1. The van der Waals surface area contributed by atoms with Gasteiger partial charge in [0.15, 0.2) is 0 Å². The summed E-state index contributed by atoms with van der Waals surface area (Å²) >= 11 is 0. The SMILES string of the molecule is CCOC(=O)CC1(NCc2ccc(C(F)(F)F)cc2)CCCCC1. The molecule has 0 unspecified atom stereocenters. The van der Waals surface area contributed by atoms with E-state index in [2.05, 4.69) is 5.32 Å². The minimum absolute atomic E-state index is 0.223. The largest absolute Gasteiger partial charge is 0.466 e. The minimum Gasteiger partial charge on any atom is -0.466 e. The van der Waals surface area contributed by atoms with Crippen LogP contribution < -0.4 is 5.32 Å². The molecular weight excluding hydrogens is 319 g/mol. The molecule has 1 saturated carbocycles. The van der Waals surface area contributed by atoms with E-state index in [1.54, 1.807) is 6.92 Å². The maximum atomic E-state index is 12.6. The van der Waals surface area contributed by atoms with Crippen molar-refractivity contribution in [3.05, 3.63) is 35.4 Å². The third-order valence-electron chi connectivity index (χ3n) is 4.55. The van der Waals surface area contributed by atoms with Crippen LogP contribution in [0, 0.1) is 0 Å². The predicted molar refractivity (Wildman–Crippen MR) is 85.3 cm³/mol. The van der Waals surface area contributed by atoms with Crippen LogP contribution in [-0.2, 0) is 22.3 Å². The van der Waals surface area contributed by atoms with E-state index in [9.17, 15) is 18.0 Å². The van der Waals surface area contributed by atoms with E-state index in [4.69, 9.17) is 4.74 Å². The number of hydrogen-bond donors (Lipinski definition) is 1. The number of carbonyl (C=O) groups is 1. The van der Waals surface area contributed by atoms with Gasteiger partial charge in [0.2, 0.25) is 0 Å². The average Bonchev–Trinajstić information content (AvgIpc) is 2.54. The standard InChI is InChI=1S/C18H24F3NO2/c1-2-24-16(23)12-17(10-4-3-5-11-17)22-13-14-6-8-15(9-7-14)18(19,20)21/h6-9,22H,2-5,10-13H2,1H3. The zero-order valence-corrected chi connectivity index (χ0v) is 13.9. The molecule has 3 nitrogen and oxygen atoms in total. The number of ether oxygens (including phenoxy) is 1. The molecule has 0 bridgehead atoms. The molecule has 0 heterocycles. The van der Waals surface area contributed by atoms with Gasteiger partial charge in [0.25, 0.3) is 0 Å². The van der Waals surface area contributed by atoms with Gasteiger partial charge in [-0.1, -0.05) is 31.4 Å². The molecule has 0 atom stereocenters. The number of benzene rings is 1. The van der Waals surface area contributed by atoms with Crippen LogP contribution >= 0.6 is 0 Å². The second-order valence-electron chi connectivity index (χ2n) is 6.37. The monoisotopic (exact) mass is 343 g/mol. The van der Waals surface area contributed by atoms with Crippen molar-refractivity contribution >= 4 is 5.97 Å². The minimum atomic E-state index is -4.32. The molecule has 0 amide bonds. The molecular formula is C18H24F3NO2. The lowest BCUT2D eigenvalue weighted by Crippen LogP contribution is -2.48. The summed E-state index contributed by atoms with van der Waals surface area (Å²) < 4.78 is 42.9. The highest BCUT2D eigenvalue weighted by Crippen LogP contribution is 2.32. The van der Waals surface area contributed by atoms with Crippen LogP contribution in [0.25, 0.3) is 0 Å². The van der Waals surface area contributed by atoms with Crippen molar-refractivity contribution < 1.29 is 22.7 Å². The van der Waals surface area contributed by atoms with Gasteiger partial charge in [-0.3, -0.25) is 4.79 Å². The summed E-state index contributed by atoms with van der Waals surface area (Å²) in [4.78, 5) is 11.9. The summed E-state index contributed by atoms with van der Waals surface area (Å²) in [6, 6.07) is 5.15.